The Morgan fingerprint density at radius 1 is 1.25 bits per heavy atom. The topological polar surface area (TPSA) is 79.2 Å². The van der Waals surface area contributed by atoms with Crippen LogP contribution in [0.4, 0.5) is 0 Å². The van der Waals surface area contributed by atoms with Gasteiger partial charge in [0.2, 0.25) is 0 Å². The van der Waals surface area contributed by atoms with E-state index >= 15 is 0 Å². The highest BCUT2D eigenvalue weighted by Crippen LogP contribution is 2.46. The predicted molar refractivity (Wildman–Crippen MR) is 123 cm³/mol. The van der Waals surface area contributed by atoms with Crippen LogP contribution in [0.15, 0.2) is 48.5 Å². The highest BCUT2D eigenvalue weighted by molar-refractivity contribution is 5.81. The molecule has 170 valence electrons. The number of ether oxygens (including phenoxy) is 2. The third-order valence-corrected chi connectivity index (χ3v) is 6.27. The zero-order valence-corrected chi connectivity index (χ0v) is 18.9. The van der Waals surface area contributed by atoms with E-state index < -0.39 is 18.6 Å². The first-order chi connectivity index (χ1) is 15.4. The monoisotopic (exact) mass is 437 g/mol. The van der Waals surface area contributed by atoms with Gasteiger partial charge in [-0.15, -0.1) is 0 Å². The van der Waals surface area contributed by atoms with Gasteiger partial charge in [0.15, 0.2) is 17.6 Å². The van der Waals surface area contributed by atoms with E-state index in [0.717, 1.165) is 17.5 Å². The van der Waals surface area contributed by atoms with Crippen molar-refractivity contribution in [3.8, 4) is 23.3 Å². The molecule has 1 aliphatic rings. The van der Waals surface area contributed by atoms with Crippen LogP contribution in [0, 0.1) is 17.3 Å². The number of carbonyl (C=O) groups is 1. The fraction of sp³-hybridized carbons (Fsp3) is 0.423. The highest BCUT2D eigenvalue weighted by Gasteiger charge is 2.45. The molecule has 3 rings (SSSR count). The largest absolute Gasteiger partial charge is 0.493 e. The molecule has 1 heterocycles. The van der Waals surface area contributed by atoms with Crippen LogP contribution in [0.3, 0.4) is 0 Å². The van der Waals surface area contributed by atoms with Crippen molar-refractivity contribution < 1.29 is 24.5 Å². The first-order valence-corrected chi connectivity index (χ1v) is 10.8. The van der Waals surface area contributed by atoms with Crippen LogP contribution in [0.1, 0.15) is 37.3 Å². The van der Waals surface area contributed by atoms with Crippen molar-refractivity contribution in [3.05, 3.63) is 59.7 Å². The highest BCUT2D eigenvalue weighted by atomic mass is 16.5. The van der Waals surface area contributed by atoms with E-state index in [2.05, 4.69) is 25.7 Å². The van der Waals surface area contributed by atoms with Gasteiger partial charge in [-0.2, -0.15) is 0 Å². The molecule has 6 nitrogen and oxygen atoms in total. The van der Waals surface area contributed by atoms with Crippen molar-refractivity contribution in [1.29, 1.82) is 0 Å². The minimum absolute atomic E-state index is 0.0611. The number of benzene rings is 2. The Hall–Kier alpha value is -3.01. The van der Waals surface area contributed by atoms with Gasteiger partial charge in [-0.05, 0) is 41.7 Å². The Morgan fingerprint density at radius 3 is 2.66 bits per heavy atom. The van der Waals surface area contributed by atoms with E-state index in [1.807, 2.05) is 48.5 Å². The van der Waals surface area contributed by atoms with Crippen molar-refractivity contribution in [2.24, 2.45) is 5.41 Å². The average molecular weight is 438 g/mol. The van der Waals surface area contributed by atoms with Crippen molar-refractivity contribution >= 4 is 5.91 Å². The minimum atomic E-state index is -1.38. The molecule has 2 aromatic rings. The lowest BCUT2D eigenvalue weighted by Crippen LogP contribution is -2.40. The zero-order valence-electron chi connectivity index (χ0n) is 18.9. The fourth-order valence-electron chi connectivity index (χ4n) is 4.17. The molecule has 3 unspecified atom stereocenters. The van der Waals surface area contributed by atoms with Crippen LogP contribution >= 0.6 is 0 Å². The Balaban J connectivity index is 1.80. The number of aliphatic hydroxyl groups excluding tert-OH is 2. The third kappa shape index (κ3) is 5.24. The summed E-state index contributed by atoms with van der Waals surface area (Å²) in [7, 11) is 1.60. The summed E-state index contributed by atoms with van der Waals surface area (Å²) in [6.45, 7) is 4.88. The zero-order chi connectivity index (χ0) is 23.1. The molecule has 0 spiro atoms. The molecule has 1 fully saturated rings. The molecule has 2 aromatic carbocycles. The molecule has 0 saturated carbocycles. The first kappa shape index (κ1) is 23.6. The Labute approximate surface area is 189 Å². The number of aliphatic hydroxyl groups is 2. The summed E-state index contributed by atoms with van der Waals surface area (Å²) in [4.78, 5) is 14.1. The quantitative estimate of drug-likeness (QED) is 0.652. The van der Waals surface area contributed by atoms with E-state index in [-0.39, 0.29) is 17.9 Å². The van der Waals surface area contributed by atoms with E-state index in [1.54, 1.807) is 12.0 Å². The van der Waals surface area contributed by atoms with Crippen LogP contribution < -0.4 is 9.47 Å². The van der Waals surface area contributed by atoms with Gasteiger partial charge in [-0.3, -0.25) is 4.79 Å². The van der Waals surface area contributed by atoms with Gasteiger partial charge < -0.3 is 24.6 Å². The van der Waals surface area contributed by atoms with Crippen LogP contribution in [0.2, 0.25) is 0 Å². The van der Waals surface area contributed by atoms with Crippen LogP contribution in [0.25, 0.3) is 0 Å². The summed E-state index contributed by atoms with van der Waals surface area (Å²) in [5, 5.41) is 19.0. The van der Waals surface area contributed by atoms with Gasteiger partial charge in [-0.25, -0.2) is 0 Å². The molecule has 1 amide bonds. The maximum atomic E-state index is 12.5. The number of hydrogen-bond donors (Lipinski definition) is 2. The standard InChI is InChI=1S/C26H31NO5/c1-4-26(2)18-27(25(30)22(29)17-28)16-21(26)20-12-13-23(31-3)24(15-20)32-14-8-11-19-9-6-5-7-10-19/h5-7,9-10,12-13,15,21-22,28-29H,4,14,16-18H2,1-3H3. The number of carbonyl (C=O) groups excluding carboxylic acids is 1. The predicted octanol–water partition coefficient (Wildman–Crippen LogP) is 2.82. The lowest BCUT2D eigenvalue weighted by atomic mass is 9.74. The molecule has 1 aliphatic heterocycles. The van der Waals surface area contributed by atoms with Crippen molar-refractivity contribution in [2.75, 3.05) is 33.4 Å². The Bertz CT molecular complexity index is 981. The van der Waals surface area contributed by atoms with E-state index in [0.29, 0.717) is 24.6 Å². The van der Waals surface area contributed by atoms with E-state index in [4.69, 9.17) is 14.6 Å². The van der Waals surface area contributed by atoms with Crippen LogP contribution in [0.5, 0.6) is 11.5 Å². The minimum Gasteiger partial charge on any atom is -0.493 e. The van der Waals surface area contributed by atoms with Crippen LogP contribution in [-0.4, -0.2) is 60.5 Å². The summed E-state index contributed by atoms with van der Waals surface area (Å²) < 4.78 is 11.4. The van der Waals surface area contributed by atoms with Gasteiger partial charge in [0.1, 0.15) is 6.61 Å². The SMILES string of the molecule is CCC1(C)CN(C(=O)C(O)CO)CC1c1ccc(OC)c(OCC#Cc2ccccc2)c1. The molecule has 0 aliphatic carbocycles. The normalized spacial score (nSPS) is 20.9. The molecule has 0 bridgehead atoms. The molecule has 1 saturated heterocycles. The summed E-state index contributed by atoms with van der Waals surface area (Å²) in [6, 6.07) is 15.5. The second-order valence-corrected chi connectivity index (χ2v) is 8.34. The van der Waals surface area contributed by atoms with Crippen molar-refractivity contribution in [3.63, 3.8) is 0 Å². The summed E-state index contributed by atoms with van der Waals surface area (Å²) in [6.07, 6.45) is -0.519. The molecular formula is C26H31NO5. The second kappa shape index (κ2) is 10.5. The Kier molecular flexibility index (Phi) is 7.79. The maximum absolute atomic E-state index is 12.5. The molecular weight excluding hydrogens is 406 g/mol. The molecule has 0 aromatic heterocycles. The molecule has 0 radical (unpaired) electrons. The molecule has 6 heteroatoms. The second-order valence-electron chi connectivity index (χ2n) is 8.34. The lowest BCUT2D eigenvalue weighted by Gasteiger charge is -2.29. The van der Waals surface area contributed by atoms with Gasteiger partial charge in [0.05, 0.1) is 13.7 Å². The average Bonchev–Trinajstić information content (AvgIpc) is 3.19. The number of rotatable bonds is 7. The number of hydrogen-bond acceptors (Lipinski definition) is 5. The number of methoxy groups -OCH3 is 1. The molecule has 3 atom stereocenters. The van der Waals surface area contributed by atoms with E-state index in [1.165, 1.54) is 0 Å². The van der Waals surface area contributed by atoms with Gasteiger partial charge in [-0.1, -0.05) is 50.0 Å². The fourth-order valence-corrected chi connectivity index (χ4v) is 4.17. The molecule has 2 N–H and O–H groups in total. The third-order valence-electron chi connectivity index (χ3n) is 6.27. The van der Waals surface area contributed by atoms with Gasteiger partial charge in [0, 0.05) is 24.6 Å². The smallest absolute Gasteiger partial charge is 0.253 e. The Morgan fingerprint density at radius 2 is 2.00 bits per heavy atom. The van der Waals surface area contributed by atoms with E-state index in [9.17, 15) is 9.90 Å². The summed E-state index contributed by atoms with van der Waals surface area (Å²) >= 11 is 0. The van der Waals surface area contributed by atoms with Crippen molar-refractivity contribution in [2.45, 2.75) is 32.3 Å². The van der Waals surface area contributed by atoms with Gasteiger partial charge >= 0.3 is 0 Å². The number of amides is 1. The van der Waals surface area contributed by atoms with Gasteiger partial charge in [0.25, 0.3) is 5.91 Å². The number of nitrogens with zero attached hydrogens (tertiary/aromatic N) is 1. The lowest BCUT2D eigenvalue weighted by molar-refractivity contribution is -0.141. The van der Waals surface area contributed by atoms with Crippen molar-refractivity contribution in [1.82, 2.24) is 4.90 Å². The maximum Gasteiger partial charge on any atom is 0.253 e. The summed E-state index contributed by atoms with van der Waals surface area (Å²) in [5.41, 5.74) is 1.80. The van der Waals surface area contributed by atoms with Crippen LogP contribution in [-0.2, 0) is 4.79 Å². The molecule has 32 heavy (non-hydrogen) atoms. The number of likely N-dealkylation sites (tertiary alicyclic amines) is 1. The first-order valence-electron chi connectivity index (χ1n) is 10.8. The summed E-state index contributed by atoms with van der Waals surface area (Å²) in [5.74, 6) is 6.95.